The second-order valence-corrected chi connectivity index (χ2v) is 5.34. The number of hydrogen-bond acceptors (Lipinski definition) is 2. The lowest BCUT2D eigenvalue weighted by Gasteiger charge is -2.15. The molecule has 0 aliphatic rings. The van der Waals surface area contributed by atoms with Gasteiger partial charge in [-0.05, 0) is 18.2 Å². The number of alkyl halides is 3. The molecule has 2 aromatic rings. The Kier molecular flexibility index (Phi) is 4.65. The highest BCUT2D eigenvalue weighted by Crippen LogP contribution is 2.44. The number of halogens is 7. The molecule has 2 nitrogen and oxygen atoms in total. The molecule has 0 spiro atoms. The van der Waals surface area contributed by atoms with Gasteiger partial charge in [-0.25, -0.2) is 4.39 Å². The van der Waals surface area contributed by atoms with E-state index in [1.807, 2.05) is 0 Å². The van der Waals surface area contributed by atoms with E-state index in [2.05, 4.69) is 0 Å². The minimum Gasteiger partial charge on any atom is -0.454 e. The first-order chi connectivity index (χ1) is 10.1. The minimum absolute atomic E-state index is 0.0878. The van der Waals surface area contributed by atoms with Crippen molar-refractivity contribution in [2.75, 3.05) is 5.73 Å². The molecule has 0 aromatic heterocycles. The largest absolute Gasteiger partial charge is 0.454 e. The lowest BCUT2D eigenvalue weighted by Crippen LogP contribution is -2.09. The van der Waals surface area contributed by atoms with Crippen molar-refractivity contribution in [3.63, 3.8) is 0 Å². The third-order valence-corrected chi connectivity index (χ3v) is 3.57. The maximum absolute atomic E-state index is 13.7. The van der Waals surface area contributed by atoms with Crippen LogP contribution in [0.1, 0.15) is 5.56 Å². The van der Waals surface area contributed by atoms with Gasteiger partial charge < -0.3 is 10.5 Å². The minimum atomic E-state index is -4.93. The summed E-state index contributed by atoms with van der Waals surface area (Å²) in [6.45, 7) is 0. The quantitative estimate of drug-likeness (QED) is 0.387. The molecule has 0 amide bonds. The van der Waals surface area contributed by atoms with Crippen LogP contribution < -0.4 is 10.5 Å². The molecule has 0 bridgehead atoms. The van der Waals surface area contributed by atoms with Gasteiger partial charge in [0, 0.05) is 6.07 Å². The van der Waals surface area contributed by atoms with Gasteiger partial charge >= 0.3 is 6.18 Å². The van der Waals surface area contributed by atoms with E-state index in [1.54, 1.807) is 0 Å². The first-order valence-corrected chi connectivity index (χ1v) is 6.72. The van der Waals surface area contributed by atoms with Crippen LogP contribution in [0.25, 0.3) is 0 Å². The van der Waals surface area contributed by atoms with E-state index in [0.717, 1.165) is 0 Å². The fourth-order valence-corrected chi connectivity index (χ4v) is 2.23. The van der Waals surface area contributed by atoms with Gasteiger partial charge in [0.15, 0.2) is 11.6 Å². The molecular weight excluding hydrogens is 368 g/mol. The summed E-state index contributed by atoms with van der Waals surface area (Å²) in [6.07, 6.45) is -4.93. The van der Waals surface area contributed by atoms with E-state index in [0.29, 0.717) is 6.07 Å². The molecule has 0 unspecified atom stereocenters. The van der Waals surface area contributed by atoms with E-state index in [4.69, 9.17) is 45.3 Å². The normalized spacial score (nSPS) is 11.6. The lowest BCUT2D eigenvalue weighted by molar-refractivity contribution is -0.140. The van der Waals surface area contributed by atoms with Gasteiger partial charge in [-0.2, -0.15) is 13.2 Å². The Bertz CT molecular complexity index is 734. The summed E-state index contributed by atoms with van der Waals surface area (Å²) in [4.78, 5) is 0. The number of benzene rings is 2. The van der Waals surface area contributed by atoms with Crippen molar-refractivity contribution >= 4 is 40.5 Å². The summed E-state index contributed by atoms with van der Waals surface area (Å²) in [5, 5.41) is -1.12. The third-order valence-electron chi connectivity index (χ3n) is 2.61. The average molecular weight is 375 g/mol. The predicted octanol–water partition coefficient (Wildman–Crippen LogP) is 6.18. The van der Waals surface area contributed by atoms with Crippen molar-refractivity contribution in [2.24, 2.45) is 0 Å². The van der Waals surface area contributed by atoms with Gasteiger partial charge in [-0.1, -0.05) is 34.8 Å². The lowest BCUT2D eigenvalue weighted by atomic mass is 10.2. The van der Waals surface area contributed by atoms with Gasteiger partial charge in [0.1, 0.15) is 10.8 Å². The van der Waals surface area contributed by atoms with Crippen molar-refractivity contribution in [1.82, 2.24) is 0 Å². The van der Waals surface area contributed by atoms with E-state index >= 15 is 0 Å². The second kappa shape index (κ2) is 6.02. The highest BCUT2D eigenvalue weighted by Gasteiger charge is 2.37. The maximum Gasteiger partial charge on any atom is 0.419 e. The fraction of sp³-hybridized carbons (Fsp3) is 0.0769. The molecule has 2 aromatic carbocycles. The average Bonchev–Trinajstić information content (AvgIpc) is 2.41. The van der Waals surface area contributed by atoms with Crippen LogP contribution in [0.3, 0.4) is 0 Å². The topological polar surface area (TPSA) is 35.2 Å². The molecule has 2 N–H and O–H groups in total. The van der Waals surface area contributed by atoms with Crippen molar-refractivity contribution < 1.29 is 22.3 Å². The zero-order valence-electron chi connectivity index (χ0n) is 10.4. The van der Waals surface area contributed by atoms with Crippen molar-refractivity contribution in [1.29, 1.82) is 0 Å². The first-order valence-electron chi connectivity index (χ1n) is 5.59. The molecule has 0 radical (unpaired) electrons. The highest BCUT2D eigenvalue weighted by atomic mass is 35.5. The Labute approximate surface area is 137 Å². The molecule has 0 saturated heterocycles. The Hall–Kier alpha value is -1.37. The SMILES string of the molecule is Nc1cc(Oc2c(Cl)cc(C(F)(F)F)c(F)c2Cl)ccc1Cl. The highest BCUT2D eigenvalue weighted by molar-refractivity contribution is 6.37. The smallest absolute Gasteiger partial charge is 0.419 e. The summed E-state index contributed by atoms with van der Waals surface area (Å²) in [6, 6.07) is 4.47. The van der Waals surface area contributed by atoms with Crippen LogP contribution in [0, 0.1) is 5.82 Å². The Balaban J connectivity index is 2.48. The molecule has 0 fully saturated rings. The van der Waals surface area contributed by atoms with Crippen LogP contribution in [-0.2, 0) is 6.18 Å². The Morgan fingerprint density at radius 3 is 2.18 bits per heavy atom. The molecule has 118 valence electrons. The Morgan fingerprint density at radius 2 is 1.64 bits per heavy atom. The van der Waals surface area contributed by atoms with Gasteiger partial charge in [0.2, 0.25) is 0 Å². The zero-order valence-corrected chi connectivity index (χ0v) is 12.7. The number of nitrogen functional groups attached to an aromatic ring is 1. The number of hydrogen-bond donors (Lipinski definition) is 1. The van der Waals surface area contributed by atoms with E-state index in [1.165, 1.54) is 18.2 Å². The van der Waals surface area contributed by atoms with Gasteiger partial charge in [-0.15, -0.1) is 0 Å². The van der Waals surface area contributed by atoms with Crippen LogP contribution in [0.2, 0.25) is 15.1 Å². The van der Waals surface area contributed by atoms with E-state index in [-0.39, 0.29) is 16.5 Å². The number of rotatable bonds is 2. The molecule has 9 heteroatoms. The Morgan fingerprint density at radius 1 is 1.00 bits per heavy atom. The summed E-state index contributed by atoms with van der Waals surface area (Å²) < 4.78 is 56.9. The summed E-state index contributed by atoms with van der Waals surface area (Å²) >= 11 is 17.0. The third kappa shape index (κ3) is 3.34. The standard InChI is InChI=1S/C13H6Cl3F4NO/c14-7-2-1-5(3-9(7)21)22-12-8(15)4-6(13(18,19)20)11(17)10(12)16/h1-4H,21H2. The molecule has 0 aliphatic carbocycles. The van der Waals surface area contributed by atoms with Crippen LogP contribution in [-0.4, -0.2) is 0 Å². The number of nitrogens with two attached hydrogens (primary N) is 1. The van der Waals surface area contributed by atoms with Gasteiger partial charge in [0.05, 0.1) is 21.3 Å². The van der Waals surface area contributed by atoms with Crippen molar-refractivity contribution in [3.8, 4) is 11.5 Å². The van der Waals surface area contributed by atoms with Crippen LogP contribution in [0.4, 0.5) is 23.2 Å². The van der Waals surface area contributed by atoms with Crippen molar-refractivity contribution in [2.45, 2.75) is 6.18 Å². The summed E-state index contributed by atoms with van der Waals surface area (Å²) in [7, 11) is 0. The molecule has 0 aliphatic heterocycles. The van der Waals surface area contributed by atoms with Crippen LogP contribution >= 0.6 is 34.8 Å². The molecule has 0 atom stereocenters. The van der Waals surface area contributed by atoms with Gasteiger partial charge in [0.25, 0.3) is 0 Å². The maximum atomic E-state index is 13.7. The molecule has 0 heterocycles. The van der Waals surface area contributed by atoms with Crippen LogP contribution in [0.15, 0.2) is 24.3 Å². The monoisotopic (exact) mass is 373 g/mol. The zero-order chi connectivity index (χ0) is 16.7. The van der Waals surface area contributed by atoms with Gasteiger partial charge in [-0.3, -0.25) is 0 Å². The van der Waals surface area contributed by atoms with Crippen LogP contribution in [0.5, 0.6) is 11.5 Å². The second-order valence-electron chi connectivity index (χ2n) is 4.15. The number of ether oxygens (including phenoxy) is 1. The molecular formula is C13H6Cl3F4NO. The number of anilines is 1. The molecule has 0 saturated carbocycles. The fourth-order valence-electron chi connectivity index (χ4n) is 1.58. The first kappa shape index (κ1) is 17.0. The molecule has 2 rings (SSSR count). The summed E-state index contributed by atoms with van der Waals surface area (Å²) in [5.74, 6) is -2.03. The van der Waals surface area contributed by atoms with Crippen molar-refractivity contribution in [3.05, 3.63) is 50.7 Å². The predicted molar refractivity (Wildman–Crippen MR) is 77.4 cm³/mol. The van der Waals surface area contributed by atoms with E-state index < -0.39 is 33.4 Å². The molecule has 22 heavy (non-hydrogen) atoms. The summed E-state index contributed by atoms with van der Waals surface area (Å²) in [5.41, 5.74) is 4.15. The van der Waals surface area contributed by atoms with E-state index in [9.17, 15) is 17.6 Å².